The lowest BCUT2D eigenvalue weighted by Gasteiger charge is -2.05. The third-order valence-corrected chi connectivity index (χ3v) is 4.08. The fourth-order valence-corrected chi connectivity index (χ4v) is 2.75. The predicted octanol–water partition coefficient (Wildman–Crippen LogP) is 3.30. The number of carbonyl (C=O) groups is 1. The number of pyridine rings is 1. The van der Waals surface area contributed by atoms with Gasteiger partial charge in [-0.25, -0.2) is 4.98 Å². The summed E-state index contributed by atoms with van der Waals surface area (Å²) in [5.41, 5.74) is 4.02. The standard InChI is InChI=1S/C16H11N5O2S/c1-9-13-6-11(7-17-16(13)23-20-9)15(22)18-12-4-2-10(3-5-12)14-8-24-21-19-14/h2-8H,1H3,(H,18,22). The number of benzene rings is 1. The summed E-state index contributed by atoms with van der Waals surface area (Å²) in [5.74, 6) is -0.243. The lowest BCUT2D eigenvalue weighted by molar-refractivity contribution is 0.102. The molecule has 3 aromatic heterocycles. The monoisotopic (exact) mass is 337 g/mol. The molecule has 0 spiro atoms. The van der Waals surface area contributed by atoms with Crippen LogP contribution in [0.25, 0.3) is 22.4 Å². The van der Waals surface area contributed by atoms with Crippen molar-refractivity contribution in [1.29, 1.82) is 0 Å². The number of carbonyl (C=O) groups excluding carboxylic acids is 1. The zero-order chi connectivity index (χ0) is 16.5. The zero-order valence-electron chi connectivity index (χ0n) is 12.6. The molecule has 4 aromatic rings. The summed E-state index contributed by atoms with van der Waals surface area (Å²) in [7, 11) is 0. The van der Waals surface area contributed by atoms with E-state index in [2.05, 4.69) is 25.0 Å². The molecule has 0 bridgehead atoms. The molecule has 7 nitrogen and oxygen atoms in total. The summed E-state index contributed by atoms with van der Waals surface area (Å²) >= 11 is 1.30. The number of hydrogen-bond donors (Lipinski definition) is 1. The molecule has 0 saturated carbocycles. The van der Waals surface area contributed by atoms with Crippen LogP contribution in [0, 0.1) is 6.92 Å². The molecule has 8 heteroatoms. The second-order valence-electron chi connectivity index (χ2n) is 5.17. The Morgan fingerprint density at radius 3 is 2.83 bits per heavy atom. The number of hydrogen-bond acceptors (Lipinski definition) is 7. The molecule has 4 rings (SSSR count). The van der Waals surface area contributed by atoms with Crippen molar-refractivity contribution >= 4 is 34.2 Å². The Labute approximate surface area is 140 Å². The van der Waals surface area contributed by atoms with Crippen LogP contribution in [-0.2, 0) is 0 Å². The minimum atomic E-state index is -0.243. The van der Waals surface area contributed by atoms with Gasteiger partial charge in [0.2, 0.25) is 0 Å². The fraction of sp³-hybridized carbons (Fsp3) is 0.0625. The zero-order valence-corrected chi connectivity index (χ0v) is 13.4. The molecule has 0 radical (unpaired) electrons. The topological polar surface area (TPSA) is 93.8 Å². The summed E-state index contributed by atoms with van der Waals surface area (Å²) < 4.78 is 8.89. The van der Waals surface area contributed by atoms with Crippen LogP contribution < -0.4 is 5.32 Å². The number of aryl methyl sites for hydroxylation is 1. The van der Waals surface area contributed by atoms with Gasteiger partial charge in [0.15, 0.2) is 0 Å². The lowest BCUT2D eigenvalue weighted by atomic mass is 10.1. The summed E-state index contributed by atoms with van der Waals surface area (Å²) in [6, 6.07) is 9.14. The quantitative estimate of drug-likeness (QED) is 0.616. The summed E-state index contributed by atoms with van der Waals surface area (Å²) in [5, 5.41) is 13.3. The maximum atomic E-state index is 12.4. The molecule has 0 aliphatic rings. The van der Waals surface area contributed by atoms with Crippen LogP contribution in [0.15, 0.2) is 46.4 Å². The van der Waals surface area contributed by atoms with Gasteiger partial charge in [-0.05, 0) is 36.7 Å². The second kappa shape index (κ2) is 5.82. The van der Waals surface area contributed by atoms with Crippen molar-refractivity contribution in [3.8, 4) is 11.3 Å². The first-order valence-electron chi connectivity index (χ1n) is 7.11. The Balaban J connectivity index is 1.55. The molecule has 0 unspecified atom stereocenters. The van der Waals surface area contributed by atoms with Gasteiger partial charge in [0.05, 0.1) is 16.6 Å². The molecule has 0 aliphatic carbocycles. The highest BCUT2D eigenvalue weighted by molar-refractivity contribution is 7.03. The maximum absolute atomic E-state index is 12.4. The number of anilines is 1. The van der Waals surface area contributed by atoms with E-state index < -0.39 is 0 Å². The van der Waals surface area contributed by atoms with Gasteiger partial charge >= 0.3 is 0 Å². The van der Waals surface area contributed by atoms with Crippen molar-refractivity contribution in [2.45, 2.75) is 6.92 Å². The lowest BCUT2D eigenvalue weighted by Crippen LogP contribution is -2.12. The first-order valence-corrected chi connectivity index (χ1v) is 7.95. The van der Waals surface area contributed by atoms with E-state index in [1.165, 1.54) is 17.7 Å². The molecular weight excluding hydrogens is 326 g/mol. The number of amides is 1. The molecule has 0 aliphatic heterocycles. The largest absolute Gasteiger partial charge is 0.336 e. The normalized spacial score (nSPS) is 10.9. The average molecular weight is 337 g/mol. The average Bonchev–Trinajstić information content (AvgIpc) is 3.26. The number of rotatable bonds is 3. The highest BCUT2D eigenvalue weighted by Crippen LogP contribution is 2.21. The van der Waals surface area contributed by atoms with Crippen LogP contribution in [-0.4, -0.2) is 25.6 Å². The Hall–Kier alpha value is -3.13. The third-order valence-electron chi connectivity index (χ3n) is 3.57. The van der Waals surface area contributed by atoms with Crippen LogP contribution in [0.1, 0.15) is 16.1 Å². The summed E-state index contributed by atoms with van der Waals surface area (Å²) in [6.45, 7) is 1.81. The molecule has 3 heterocycles. The van der Waals surface area contributed by atoms with Crippen molar-refractivity contribution in [1.82, 2.24) is 19.7 Å². The van der Waals surface area contributed by atoms with Crippen LogP contribution in [0.3, 0.4) is 0 Å². The highest BCUT2D eigenvalue weighted by Gasteiger charge is 2.12. The highest BCUT2D eigenvalue weighted by atomic mass is 32.1. The molecular formula is C16H11N5O2S. The predicted molar refractivity (Wildman–Crippen MR) is 89.8 cm³/mol. The van der Waals surface area contributed by atoms with Crippen LogP contribution in [0.5, 0.6) is 0 Å². The Morgan fingerprint density at radius 1 is 1.25 bits per heavy atom. The van der Waals surface area contributed by atoms with Gasteiger partial charge in [-0.15, -0.1) is 5.10 Å². The Bertz CT molecular complexity index is 1010. The van der Waals surface area contributed by atoms with Gasteiger partial charge in [0.25, 0.3) is 11.6 Å². The smallest absolute Gasteiger partial charge is 0.257 e. The van der Waals surface area contributed by atoms with Crippen molar-refractivity contribution < 1.29 is 9.32 Å². The molecule has 1 aromatic carbocycles. The van der Waals surface area contributed by atoms with E-state index in [4.69, 9.17) is 4.52 Å². The van der Waals surface area contributed by atoms with Gasteiger partial charge in [0.1, 0.15) is 5.69 Å². The van der Waals surface area contributed by atoms with Crippen LogP contribution in [0.4, 0.5) is 5.69 Å². The van der Waals surface area contributed by atoms with E-state index in [1.807, 2.05) is 29.6 Å². The molecule has 0 saturated heterocycles. The summed E-state index contributed by atoms with van der Waals surface area (Å²) in [4.78, 5) is 16.5. The first kappa shape index (κ1) is 14.5. The number of nitrogens with zero attached hydrogens (tertiary/aromatic N) is 4. The minimum absolute atomic E-state index is 0.243. The van der Waals surface area contributed by atoms with Gasteiger partial charge in [0, 0.05) is 22.8 Å². The van der Waals surface area contributed by atoms with Crippen molar-refractivity contribution in [3.63, 3.8) is 0 Å². The van der Waals surface area contributed by atoms with Crippen molar-refractivity contribution in [2.24, 2.45) is 0 Å². The number of aromatic nitrogens is 4. The molecule has 118 valence electrons. The van der Waals surface area contributed by atoms with Crippen LogP contribution >= 0.6 is 11.5 Å². The van der Waals surface area contributed by atoms with E-state index in [1.54, 1.807) is 13.0 Å². The van der Waals surface area contributed by atoms with Gasteiger partial charge in [-0.2, -0.15) is 0 Å². The Kier molecular flexibility index (Phi) is 3.51. The first-order chi connectivity index (χ1) is 11.7. The van der Waals surface area contributed by atoms with Gasteiger partial charge in [-0.1, -0.05) is 21.8 Å². The molecule has 24 heavy (non-hydrogen) atoms. The van der Waals surface area contributed by atoms with Crippen LogP contribution in [0.2, 0.25) is 0 Å². The minimum Gasteiger partial charge on any atom is -0.336 e. The van der Waals surface area contributed by atoms with E-state index in [0.717, 1.165) is 16.6 Å². The van der Waals surface area contributed by atoms with E-state index in [0.29, 0.717) is 22.7 Å². The number of nitrogens with one attached hydrogen (secondary N) is 1. The van der Waals surface area contributed by atoms with E-state index in [9.17, 15) is 4.79 Å². The number of fused-ring (bicyclic) bond motifs is 1. The van der Waals surface area contributed by atoms with E-state index >= 15 is 0 Å². The molecule has 1 amide bonds. The fourth-order valence-electron chi connectivity index (χ4n) is 2.29. The Morgan fingerprint density at radius 2 is 2.08 bits per heavy atom. The van der Waals surface area contributed by atoms with E-state index in [-0.39, 0.29) is 5.91 Å². The van der Waals surface area contributed by atoms with Crippen molar-refractivity contribution in [3.05, 3.63) is 53.2 Å². The second-order valence-corrected chi connectivity index (χ2v) is 5.78. The maximum Gasteiger partial charge on any atom is 0.257 e. The molecule has 0 atom stereocenters. The molecule has 0 fully saturated rings. The van der Waals surface area contributed by atoms with Crippen molar-refractivity contribution in [2.75, 3.05) is 5.32 Å². The van der Waals surface area contributed by atoms with Gasteiger partial charge in [-0.3, -0.25) is 4.79 Å². The third kappa shape index (κ3) is 2.63. The SMILES string of the molecule is Cc1noc2ncc(C(=O)Nc3ccc(-c4csnn4)cc3)cc12. The van der Waals surface area contributed by atoms with Gasteiger partial charge < -0.3 is 9.84 Å². The molecule has 1 N–H and O–H groups in total. The summed E-state index contributed by atoms with van der Waals surface area (Å²) in [6.07, 6.45) is 1.47.